The van der Waals surface area contributed by atoms with Crippen molar-refractivity contribution >= 4 is 22.5 Å². The number of para-hydroxylation sites is 1. The van der Waals surface area contributed by atoms with Crippen LogP contribution in [0.3, 0.4) is 0 Å². The fourth-order valence-electron chi connectivity index (χ4n) is 2.56. The molecule has 0 saturated carbocycles. The van der Waals surface area contributed by atoms with Crippen LogP contribution in [0.15, 0.2) is 83.8 Å². The van der Waals surface area contributed by atoms with Gasteiger partial charge < -0.3 is 5.73 Å². The number of hydrogen-bond donors (Lipinski definition) is 2. The average molecular weight is 343 g/mol. The molecule has 0 aromatic heterocycles. The van der Waals surface area contributed by atoms with E-state index in [2.05, 4.69) is 6.07 Å². The number of hydrogen-bond acceptors (Lipinski definition) is 4. The van der Waals surface area contributed by atoms with Crippen molar-refractivity contribution in [2.75, 3.05) is 5.73 Å². The molecule has 0 spiro atoms. The Balaban J connectivity index is 1.87. The van der Waals surface area contributed by atoms with Gasteiger partial charge in [-0.05, 0) is 34.9 Å². The van der Waals surface area contributed by atoms with Crippen molar-refractivity contribution in [1.29, 1.82) is 10.7 Å². The van der Waals surface area contributed by atoms with Crippen LogP contribution in [0, 0.1) is 16.7 Å². The first-order chi connectivity index (χ1) is 12.2. The van der Waals surface area contributed by atoms with E-state index in [-0.39, 0.29) is 5.04 Å². The summed E-state index contributed by atoms with van der Waals surface area (Å²) in [5, 5.41) is 18.3. The molecule has 3 nitrogen and oxygen atoms in total. The largest absolute Gasteiger partial charge is 0.398 e. The van der Waals surface area contributed by atoms with Gasteiger partial charge in [-0.3, -0.25) is 5.41 Å². The third-order valence-corrected chi connectivity index (χ3v) is 4.90. The van der Waals surface area contributed by atoms with Gasteiger partial charge >= 0.3 is 0 Å². The van der Waals surface area contributed by atoms with Gasteiger partial charge in [-0.2, -0.15) is 5.26 Å². The lowest BCUT2D eigenvalue weighted by Crippen LogP contribution is -2.06. The van der Waals surface area contributed by atoms with Crippen molar-refractivity contribution in [1.82, 2.24) is 0 Å². The summed E-state index contributed by atoms with van der Waals surface area (Å²) in [6, 6.07) is 27.5. The number of anilines is 1. The van der Waals surface area contributed by atoms with E-state index in [4.69, 9.17) is 11.1 Å². The minimum atomic E-state index is -0.617. The second-order valence-corrected chi connectivity index (χ2v) is 6.64. The van der Waals surface area contributed by atoms with E-state index < -0.39 is 5.92 Å². The summed E-state index contributed by atoms with van der Waals surface area (Å²) in [5.74, 6) is -0.617. The van der Waals surface area contributed by atoms with Crippen molar-refractivity contribution in [3.05, 3.63) is 84.4 Å². The smallest absolute Gasteiger partial charge is 0.119 e. The van der Waals surface area contributed by atoms with E-state index in [0.717, 1.165) is 21.6 Å². The van der Waals surface area contributed by atoms with E-state index in [1.54, 1.807) is 6.07 Å². The lowest BCUT2D eigenvalue weighted by atomic mass is 9.96. The van der Waals surface area contributed by atoms with Crippen LogP contribution in [0.25, 0.3) is 11.1 Å². The third-order valence-electron chi connectivity index (χ3n) is 3.86. The highest BCUT2D eigenvalue weighted by atomic mass is 32.2. The molecule has 0 radical (unpaired) electrons. The lowest BCUT2D eigenvalue weighted by Gasteiger charge is -2.13. The van der Waals surface area contributed by atoms with Gasteiger partial charge in [0.1, 0.15) is 5.92 Å². The molecule has 0 saturated heterocycles. The molecule has 0 aliphatic carbocycles. The zero-order chi connectivity index (χ0) is 17.6. The van der Waals surface area contributed by atoms with Crippen LogP contribution in [0.1, 0.15) is 11.5 Å². The summed E-state index contributed by atoms with van der Waals surface area (Å²) in [4.78, 5) is 0.798. The first-order valence-electron chi connectivity index (χ1n) is 7.85. The highest BCUT2D eigenvalue weighted by molar-refractivity contribution is 8.14. The summed E-state index contributed by atoms with van der Waals surface area (Å²) >= 11 is 1.24. The topological polar surface area (TPSA) is 73.7 Å². The number of rotatable bonds is 4. The predicted octanol–water partition coefficient (Wildman–Crippen LogP) is 5.31. The molecule has 0 bridgehead atoms. The van der Waals surface area contributed by atoms with Crippen LogP contribution >= 0.6 is 11.8 Å². The van der Waals surface area contributed by atoms with Gasteiger partial charge in [0.25, 0.3) is 0 Å². The first kappa shape index (κ1) is 16.8. The van der Waals surface area contributed by atoms with Crippen molar-refractivity contribution < 1.29 is 0 Å². The molecule has 4 heteroatoms. The molecule has 122 valence electrons. The molecule has 0 heterocycles. The normalized spacial score (nSPS) is 11.5. The summed E-state index contributed by atoms with van der Waals surface area (Å²) in [6.07, 6.45) is 0. The minimum Gasteiger partial charge on any atom is -0.398 e. The molecule has 25 heavy (non-hydrogen) atoms. The quantitative estimate of drug-likeness (QED) is 0.292. The molecule has 3 N–H and O–H groups in total. The molecule has 0 aliphatic rings. The number of nitriles is 1. The Hall–Kier alpha value is -3.03. The second-order valence-electron chi connectivity index (χ2n) is 5.56. The fraction of sp³-hybridized carbons (Fsp3) is 0.0476. The van der Waals surface area contributed by atoms with Gasteiger partial charge in [-0.1, -0.05) is 72.4 Å². The van der Waals surface area contributed by atoms with Crippen LogP contribution in [-0.4, -0.2) is 5.04 Å². The van der Waals surface area contributed by atoms with E-state index in [0.29, 0.717) is 5.69 Å². The van der Waals surface area contributed by atoms with Gasteiger partial charge in [0.05, 0.1) is 11.1 Å². The Morgan fingerprint density at radius 3 is 2.32 bits per heavy atom. The van der Waals surface area contributed by atoms with E-state index >= 15 is 0 Å². The van der Waals surface area contributed by atoms with Crippen molar-refractivity contribution in [3.8, 4) is 17.2 Å². The average Bonchev–Trinajstić information content (AvgIpc) is 2.65. The molecule has 0 fully saturated rings. The first-order valence-corrected chi connectivity index (χ1v) is 8.66. The van der Waals surface area contributed by atoms with Gasteiger partial charge in [-0.15, -0.1) is 0 Å². The standard InChI is InChI=1S/C21H17N3S/c22-14-18(21(24)25-20-12-5-4-11-19(20)23)17-10-6-9-16(13-17)15-7-2-1-3-8-15/h1-13,18,24H,23H2. The molecule has 0 amide bonds. The molecule has 3 rings (SSSR count). The van der Waals surface area contributed by atoms with E-state index in [1.807, 2.05) is 72.8 Å². The van der Waals surface area contributed by atoms with Crippen LogP contribution in [0.4, 0.5) is 5.69 Å². The van der Waals surface area contributed by atoms with Gasteiger partial charge in [-0.25, -0.2) is 0 Å². The van der Waals surface area contributed by atoms with Crippen molar-refractivity contribution in [2.24, 2.45) is 0 Å². The molecule has 1 unspecified atom stereocenters. The number of nitrogens with one attached hydrogen (secondary N) is 1. The summed E-state index contributed by atoms with van der Waals surface area (Å²) in [5.41, 5.74) is 9.51. The van der Waals surface area contributed by atoms with Gasteiger partial charge in [0, 0.05) is 10.6 Å². The zero-order valence-corrected chi connectivity index (χ0v) is 14.3. The predicted molar refractivity (Wildman–Crippen MR) is 105 cm³/mol. The van der Waals surface area contributed by atoms with Crippen molar-refractivity contribution in [2.45, 2.75) is 10.8 Å². The molecular formula is C21H17N3S. The Morgan fingerprint density at radius 2 is 1.60 bits per heavy atom. The maximum absolute atomic E-state index is 9.62. The molecule has 3 aromatic rings. The second kappa shape index (κ2) is 7.69. The Morgan fingerprint density at radius 1 is 0.920 bits per heavy atom. The number of nitrogen functional groups attached to an aromatic ring is 1. The summed E-state index contributed by atoms with van der Waals surface area (Å²) < 4.78 is 0. The van der Waals surface area contributed by atoms with Crippen molar-refractivity contribution in [3.63, 3.8) is 0 Å². The van der Waals surface area contributed by atoms with E-state index in [9.17, 15) is 5.26 Å². The zero-order valence-electron chi connectivity index (χ0n) is 13.5. The van der Waals surface area contributed by atoms with Crippen LogP contribution in [0.2, 0.25) is 0 Å². The van der Waals surface area contributed by atoms with Gasteiger partial charge in [0.15, 0.2) is 0 Å². The molecule has 1 atom stereocenters. The lowest BCUT2D eigenvalue weighted by molar-refractivity contribution is 1.15. The minimum absolute atomic E-state index is 0.269. The monoisotopic (exact) mass is 343 g/mol. The number of benzene rings is 3. The van der Waals surface area contributed by atoms with Crippen LogP contribution < -0.4 is 5.73 Å². The Bertz CT molecular complexity index is 929. The van der Waals surface area contributed by atoms with E-state index in [1.165, 1.54) is 11.8 Å². The maximum atomic E-state index is 9.62. The molecular weight excluding hydrogens is 326 g/mol. The third kappa shape index (κ3) is 3.90. The highest BCUT2D eigenvalue weighted by Gasteiger charge is 2.19. The highest BCUT2D eigenvalue weighted by Crippen LogP contribution is 2.32. The Kier molecular flexibility index (Phi) is 5.17. The maximum Gasteiger partial charge on any atom is 0.119 e. The fourth-order valence-corrected chi connectivity index (χ4v) is 3.44. The summed E-state index contributed by atoms with van der Waals surface area (Å²) in [6.45, 7) is 0. The SMILES string of the molecule is N#CC(C(=N)Sc1ccccc1N)c1cccc(-c2ccccc2)c1. The van der Waals surface area contributed by atoms with Crippen LogP contribution in [-0.2, 0) is 0 Å². The Labute approximate surface area is 151 Å². The number of nitrogens with zero attached hydrogens (tertiary/aromatic N) is 1. The van der Waals surface area contributed by atoms with Crippen LogP contribution in [0.5, 0.6) is 0 Å². The molecule has 0 aliphatic heterocycles. The molecule has 3 aromatic carbocycles. The summed E-state index contributed by atoms with van der Waals surface area (Å²) in [7, 11) is 0. The van der Waals surface area contributed by atoms with Gasteiger partial charge in [0.2, 0.25) is 0 Å². The number of nitrogens with two attached hydrogens (primary N) is 1. The number of thioether (sulfide) groups is 1.